The molecule has 2 aromatic carbocycles. The summed E-state index contributed by atoms with van der Waals surface area (Å²) >= 11 is 23.6. The summed E-state index contributed by atoms with van der Waals surface area (Å²) in [6.45, 7) is 0. The Morgan fingerprint density at radius 1 is 1.05 bits per heavy atom. The fraction of sp³-hybridized carbons (Fsp3) is 0. The molecule has 0 unspecified atom stereocenters. The first-order valence-corrected chi connectivity index (χ1v) is 7.22. The second kappa shape index (κ2) is 7.14. The Morgan fingerprint density at radius 3 is 2.52 bits per heavy atom. The molecule has 0 bridgehead atoms. The Morgan fingerprint density at radius 2 is 1.81 bits per heavy atom. The highest BCUT2D eigenvalue weighted by Crippen LogP contribution is 2.24. The second-order valence-corrected chi connectivity index (χ2v) is 5.60. The number of benzene rings is 2. The first-order valence-electron chi connectivity index (χ1n) is 5.71. The van der Waals surface area contributed by atoms with Crippen LogP contribution in [-0.2, 0) is 0 Å². The van der Waals surface area contributed by atoms with E-state index in [1.54, 1.807) is 24.3 Å². The van der Waals surface area contributed by atoms with Gasteiger partial charge in [0.05, 0.1) is 26.8 Å². The SMILES string of the molecule is O=C(N/N=C/c1cccc(Cl)c1Cl)c1ccc(Cl)cc1Cl. The van der Waals surface area contributed by atoms with Crippen LogP contribution in [0.15, 0.2) is 41.5 Å². The molecule has 0 saturated heterocycles. The maximum Gasteiger partial charge on any atom is 0.272 e. The van der Waals surface area contributed by atoms with Crippen molar-refractivity contribution < 1.29 is 4.79 Å². The van der Waals surface area contributed by atoms with Gasteiger partial charge < -0.3 is 0 Å². The number of nitrogens with one attached hydrogen (secondary N) is 1. The number of rotatable bonds is 3. The van der Waals surface area contributed by atoms with Crippen molar-refractivity contribution in [2.75, 3.05) is 0 Å². The lowest BCUT2D eigenvalue weighted by Gasteiger charge is -2.03. The molecule has 108 valence electrons. The zero-order valence-electron chi connectivity index (χ0n) is 10.4. The molecule has 1 N–H and O–H groups in total. The van der Waals surface area contributed by atoms with Crippen molar-refractivity contribution in [1.82, 2.24) is 5.43 Å². The van der Waals surface area contributed by atoms with Crippen molar-refractivity contribution in [3.8, 4) is 0 Å². The quantitative estimate of drug-likeness (QED) is 0.602. The molecule has 2 rings (SSSR count). The van der Waals surface area contributed by atoms with E-state index in [1.165, 1.54) is 18.3 Å². The summed E-state index contributed by atoms with van der Waals surface area (Å²) in [5, 5.41) is 5.29. The van der Waals surface area contributed by atoms with Crippen molar-refractivity contribution in [2.45, 2.75) is 0 Å². The Kier molecular flexibility index (Phi) is 5.48. The van der Waals surface area contributed by atoms with Gasteiger partial charge >= 0.3 is 0 Å². The number of carbonyl (C=O) groups excluding carboxylic acids is 1. The summed E-state index contributed by atoms with van der Waals surface area (Å²) in [6, 6.07) is 9.68. The maximum absolute atomic E-state index is 11.9. The van der Waals surface area contributed by atoms with Crippen LogP contribution in [0.5, 0.6) is 0 Å². The van der Waals surface area contributed by atoms with Crippen LogP contribution in [0.3, 0.4) is 0 Å². The maximum atomic E-state index is 11.9. The van der Waals surface area contributed by atoms with Crippen molar-refractivity contribution >= 4 is 58.5 Å². The predicted molar refractivity (Wildman–Crippen MR) is 88.0 cm³/mol. The van der Waals surface area contributed by atoms with Gasteiger partial charge in [-0.3, -0.25) is 4.79 Å². The summed E-state index contributed by atoms with van der Waals surface area (Å²) in [4.78, 5) is 11.9. The monoisotopic (exact) mass is 360 g/mol. The Balaban J connectivity index is 2.10. The van der Waals surface area contributed by atoms with Gasteiger partial charge in [0, 0.05) is 10.6 Å². The molecular weight excluding hydrogens is 354 g/mol. The first-order chi connectivity index (χ1) is 9.99. The number of hydrogen-bond acceptors (Lipinski definition) is 2. The van der Waals surface area contributed by atoms with E-state index in [0.717, 1.165) is 0 Å². The zero-order chi connectivity index (χ0) is 15.4. The molecule has 7 heteroatoms. The largest absolute Gasteiger partial charge is 0.272 e. The molecule has 21 heavy (non-hydrogen) atoms. The molecule has 2 aromatic rings. The summed E-state index contributed by atoms with van der Waals surface area (Å²) in [7, 11) is 0. The smallest absolute Gasteiger partial charge is 0.267 e. The molecule has 0 spiro atoms. The third kappa shape index (κ3) is 4.11. The molecule has 0 aromatic heterocycles. The van der Waals surface area contributed by atoms with E-state index in [-0.39, 0.29) is 10.6 Å². The van der Waals surface area contributed by atoms with E-state index in [4.69, 9.17) is 46.4 Å². The number of carbonyl (C=O) groups is 1. The molecule has 0 heterocycles. The molecule has 0 aliphatic rings. The van der Waals surface area contributed by atoms with Gasteiger partial charge in [-0.2, -0.15) is 5.10 Å². The fourth-order valence-electron chi connectivity index (χ4n) is 1.51. The van der Waals surface area contributed by atoms with Gasteiger partial charge in [-0.15, -0.1) is 0 Å². The standard InChI is InChI=1S/C14H8Cl4N2O/c15-9-4-5-10(12(17)6-9)14(21)20-19-7-8-2-1-3-11(16)13(8)18/h1-7H,(H,20,21)/b19-7+. The topological polar surface area (TPSA) is 41.5 Å². The highest BCUT2D eigenvalue weighted by atomic mass is 35.5. The van der Waals surface area contributed by atoms with Gasteiger partial charge in [-0.25, -0.2) is 5.43 Å². The molecule has 3 nitrogen and oxygen atoms in total. The zero-order valence-corrected chi connectivity index (χ0v) is 13.4. The average Bonchev–Trinajstić information content (AvgIpc) is 2.43. The molecule has 0 aliphatic carbocycles. The van der Waals surface area contributed by atoms with Crippen LogP contribution in [0.2, 0.25) is 20.1 Å². The molecule has 0 aliphatic heterocycles. The highest BCUT2D eigenvalue weighted by Gasteiger charge is 2.09. The number of halogens is 4. The number of hydrogen-bond donors (Lipinski definition) is 1. The fourth-order valence-corrected chi connectivity index (χ4v) is 2.37. The molecule has 1 amide bonds. The number of hydrazone groups is 1. The van der Waals surface area contributed by atoms with Crippen LogP contribution in [0.25, 0.3) is 0 Å². The second-order valence-electron chi connectivity index (χ2n) is 3.97. The Labute approximate surface area is 141 Å². The van der Waals surface area contributed by atoms with E-state index in [0.29, 0.717) is 20.6 Å². The lowest BCUT2D eigenvalue weighted by Crippen LogP contribution is -2.18. The van der Waals surface area contributed by atoms with Crippen LogP contribution < -0.4 is 5.43 Å². The van der Waals surface area contributed by atoms with E-state index in [9.17, 15) is 4.79 Å². The van der Waals surface area contributed by atoms with Gasteiger partial charge in [0.1, 0.15) is 0 Å². The minimum Gasteiger partial charge on any atom is -0.267 e. The number of amides is 1. The van der Waals surface area contributed by atoms with E-state index < -0.39 is 5.91 Å². The van der Waals surface area contributed by atoms with Gasteiger partial charge in [0.2, 0.25) is 0 Å². The van der Waals surface area contributed by atoms with Crippen LogP contribution in [-0.4, -0.2) is 12.1 Å². The van der Waals surface area contributed by atoms with Crippen molar-refractivity contribution in [3.63, 3.8) is 0 Å². The van der Waals surface area contributed by atoms with Crippen LogP contribution >= 0.6 is 46.4 Å². The van der Waals surface area contributed by atoms with Gasteiger partial charge in [-0.05, 0) is 24.3 Å². The summed E-state index contributed by atoms with van der Waals surface area (Å²) in [5.41, 5.74) is 3.22. The van der Waals surface area contributed by atoms with Crippen molar-refractivity contribution in [2.24, 2.45) is 5.10 Å². The Hall–Kier alpha value is -1.26. The molecule has 0 fully saturated rings. The summed E-state index contributed by atoms with van der Waals surface area (Å²) in [6.07, 6.45) is 1.40. The van der Waals surface area contributed by atoms with Gasteiger partial charge in [0.25, 0.3) is 5.91 Å². The predicted octanol–water partition coefficient (Wildman–Crippen LogP) is 5.06. The summed E-state index contributed by atoms with van der Waals surface area (Å²) in [5.74, 6) is -0.453. The Bertz CT molecular complexity index is 716. The minimum absolute atomic E-state index is 0.246. The lowest BCUT2D eigenvalue weighted by atomic mass is 10.2. The van der Waals surface area contributed by atoms with Crippen molar-refractivity contribution in [1.29, 1.82) is 0 Å². The third-order valence-corrected chi connectivity index (χ3v) is 3.91. The first kappa shape index (κ1) is 16.1. The minimum atomic E-state index is -0.453. The van der Waals surface area contributed by atoms with E-state index in [1.807, 2.05) is 0 Å². The average molecular weight is 362 g/mol. The van der Waals surface area contributed by atoms with Gasteiger partial charge in [0.15, 0.2) is 0 Å². The molecule has 0 atom stereocenters. The van der Waals surface area contributed by atoms with E-state index in [2.05, 4.69) is 10.5 Å². The van der Waals surface area contributed by atoms with Gasteiger partial charge in [-0.1, -0.05) is 58.5 Å². The lowest BCUT2D eigenvalue weighted by molar-refractivity contribution is 0.0955. The van der Waals surface area contributed by atoms with Crippen LogP contribution in [0, 0.1) is 0 Å². The third-order valence-electron chi connectivity index (χ3n) is 2.53. The normalized spacial score (nSPS) is 10.9. The van der Waals surface area contributed by atoms with E-state index >= 15 is 0 Å². The van der Waals surface area contributed by atoms with Crippen LogP contribution in [0.1, 0.15) is 15.9 Å². The molecule has 0 radical (unpaired) electrons. The molecular formula is C14H8Cl4N2O. The van der Waals surface area contributed by atoms with Crippen LogP contribution in [0.4, 0.5) is 0 Å². The highest BCUT2D eigenvalue weighted by molar-refractivity contribution is 6.43. The van der Waals surface area contributed by atoms with Crippen molar-refractivity contribution in [3.05, 3.63) is 67.6 Å². The molecule has 0 saturated carbocycles. The number of nitrogens with zero attached hydrogens (tertiary/aromatic N) is 1. The summed E-state index contributed by atoms with van der Waals surface area (Å²) < 4.78 is 0.